The summed E-state index contributed by atoms with van der Waals surface area (Å²) in [7, 11) is 0. The number of hydrogen-bond acceptors (Lipinski definition) is 3. The van der Waals surface area contributed by atoms with Crippen molar-refractivity contribution in [3.05, 3.63) is 36.1 Å². The summed E-state index contributed by atoms with van der Waals surface area (Å²) in [6, 6.07) is 11.2. The summed E-state index contributed by atoms with van der Waals surface area (Å²) >= 11 is 0. The average Bonchev–Trinajstić information content (AvgIpc) is 3.17. The van der Waals surface area contributed by atoms with Crippen LogP contribution in [0.1, 0.15) is 38.5 Å². The predicted molar refractivity (Wildman–Crippen MR) is 82.6 cm³/mol. The molecule has 3 nitrogen and oxygen atoms in total. The van der Waals surface area contributed by atoms with Gasteiger partial charge in [0.2, 0.25) is 0 Å². The highest BCUT2D eigenvalue weighted by atomic mass is 16.3. The first-order valence-electron chi connectivity index (χ1n) is 7.63. The third kappa shape index (κ3) is 2.74. The molecule has 0 bridgehead atoms. The van der Waals surface area contributed by atoms with Crippen LogP contribution < -0.4 is 5.73 Å². The number of nitrogens with zero attached hydrogens (tertiary/aromatic N) is 1. The fraction of sp³-hybridized carbons (Fsp3) is 0.529. The molecule has 0 radical (unpaired) electrons. The molecule has 3 rings (SSSR count). The Morgan fingerprint density at radius 2 is 2.05 bits per heavy atom. The van der Waals surface area contributed by atoms with Gasteiger partial charge in [0, 0.05) is 24.5 Å². The third-order valence-electron chi connectivity index (χ3n) is 3.99. The molecule has 1 aromatic carbocycles. The standard InChI is InChI=1S/C17H24N2O/c1-12(2)11-19(14-7-8-14)15(10-18)17-9-13-5-3-4-6-16(13)20-17/h3-6,9,12,14-15H,7-8,10-11,18H2,1-2H3. The molecule has 1 aliphatic carbocycles. The molecule has 1 aromatic heterocycles. The van der Waals surface area contributed by atoms with Gasteiger partial charge in [-0.1, -0.05) is 32.0 Å². The molecule has 108 valence electrons. The normalized spacial score (nSPS) is 17.2. The van der Waals surface area contributed by atoms with Crippen LogP contribution in [0, 0.1) is 5.92 Å². The quantitative estimate of drug-likeness (QED) is 0.874. The Bertz CT molecular complexity index is 538. The molecule has 2 aromatic rings. The van der Waals surface area contributed by atoms with Crippen molar-refractivity contribution in [3.63, 3.8) is 0 Å². The summed E-state index contributed by atoms with van der Waals surface area (Å²) in [5.41, 5.74) is 7.03. The number of nitrogens with two attached hydrogens (primary N) is 1. The van der Waals surface area contributed by atoms with E-state index in [1.807, 2.05) is 18.2 Å². The molecule has 20 heavy (non-hydrogen) atoms. The van der Waals surface area contributed by atoms with Crippen LogP contribution in [0.3, 0.4) is 0 Å². The Hall–Kier alpha value is -1.32. The Labute approximate surface area is 120 Å². The van der Waals surface area contributed by atoms with Crippen LogP contribution in [-0.2, 0) is 0 Å². The van der Waals surface area contributed by atoms with Crippen LogP contribution >= 0.6 is 0 Å². The monoisotopic (exact) mass is 272 g/mol. The van der Waals surface area contributed by atoms with Crippen molar-refractivity contribution < 1.29 is 4.42 Å². The molecule has 1 fully saturated rings. The largest absolute Gasteiger partial charge is 0.459 e. The van der Waals surface area contributed by atoms with Gasteiger partial charge >= 0.3 is 0 Å². The fourth-order valence-corrected chi connectivity index (χ4v) is 2.94. The van der Waals surface area contributed by atoms with Crippen molar-refractivity contribution >= 4 is 11.0 Å². The lowest BCUT2D eigenvalue weighted by Crippen LogP contribution is -2.37. The highest BCUT2D eigenvalue weighted by Crippen LogP contribution is 2.36. The van der Waals surface area contributed by atoms with E-state index in [1.165, 1.54) is 18.2 Å². The lowest BCUT2D eigenvalue weighted by Gasteiger charge is -2.31. The van der Waals surface area contributed by atoms with E-state index in [0.29, 0.717) is 18.5 Å². The molecule has 3 heteroatoms. The zero-order valence-electron chi connectivity index (χ0n) is 12.4. The maximum atomic E-state index is 6.07. The van der Waals surface area contributed by atoms with Crippen LogP contribution in [0.25, 0.3) is 11.0 Å². The number of hydrogen-bond donors (Lipinski definition) is 1. The second-order valence-corrected chi connectivity index (χ2v) is 6.26. The molecular weight excluding hydrogens is 248 g/mol. The minimum Gasteiger partial charge on any atom is -0.459 e. The van der Waals surface area contributed by atoms with Crippen molar-refractivity contribution in [1.82, 2.24) is 4.90 Å². The first kappa shape index (κ1) is 13.7. The Kier molecular flexibility index (Phi) is 3.81. The summed E-state index contributed by atoms with van der Waals surface area (Å²) < 4.78 is 6.04. The minimum absolute atomic E-state index is 0.206. The van der Waals surface area contributed by atoms with E-state index < -0.39 is 0 Å². The van der Waals surface area contributed by atoms with Crippen molar-refractivity contribution in [1.29, 1.82) is 0 Å². The summed E-state index contributed by atoms with van der Waals surface area (Å²) in [4.78, 5) is 2.54. The molecule has 0 amide bonds. The van der Waals surface area contributed by atoms with E-state index >= 15 is 0 Å². The van der Waals surface area contributed by atoms with Crippen molar-refractivity contribution in [2.24, 2.45) is 11.7 Å². The van der Waals surface area contributed by atoms with Crippen molar-refractivity contribution in [2.75, 3.05) is 13.1 Å². The van der Waals surface area contributed by atoms with E-state index in [1.54, 1.807) is 0 Å². The number of benzene rings is 1. The predicted octanol–water partition coefficient (Wildman–Crippen LogP) is 3.55. The zero-order chi connectivity index (χ0) is 14.1. The summed E-state index contributed by atoms with van der Waals surface area (Å²) in [5, 5.41) is 1.17. The lowest BCUT2D eigenvalue weighted by molar-refractivity contribution is 0.153. The first-order valence-corrected chi connectivity index (χ1v) is 7.63. The Morgan fingerprint density at radius 3 is 2.65 bits per heavy atom. The van der Waals surface area contributed by atoms with E-state index in [9.17, 15) is 0 Å². The molecular formula is C17H24N2O. The highest BCUT2D eigenvalue weighted by molar-refractivity contribution is 5.77. The van der Waals surface area contributed by atoms with Gasteiger partial charge < -0.3 is 10.2 Å². The number of para-hydroxylation sites is 1. The molecule has 1 unspecified atom stereocenters. The van der Waals surface area contributed by atoms with Crippen LogP contribution in [0.2, 0.25) is 0 Å². The molecule has 1 heterocycles. The molecule has 1 atom stereocenters. The van der Waals surface area contributed by atoms with Gasteiger partial charge in [0.1, 0.15) is 11.3 Å². The highest BCUT2D eigenvalue weighted by Gasteiger charge is 2.35. The Morgan fingerprint density at radius 1 is 1.30 bits per heavy atom. The third-order valence-corrected chi connectivity index (χ3v) is 3.99. The topological polar surface area (TPSA) is 42.4 Å². The van der Waals surface area contributed by atoms with Crippen molar-refractivity contribution in [2.45, 2.75) is 38.8 Å². The van der Waals surface area contributed by atoms with Crippen LogP contribution in [0.15, 0.2) is 34.7 Å². The zero-order valence-corrected chi connectivity index (χ0v) is 12.4. The van der Waals surface area contributed by atoms with Gasteiger partial charge in [-0.25, -0.2) is 0 Å². The second-order valence-electron chi connectivity index (χ2n) is 6.26. The molecule has 2 N–H and O–H groups in total. The smallest absolute Gasteiger partial charge is 0.134 e. The molecule has 0 saturated heterocycles. The number of furan rings is 1. The van der Waals surface area contributed by atoms with E-state index in [0.717, 1.165) is 17.9 Å². The minimum atomic E-state index is 0.206. The van der Waals surface area contributed by atoms with Gasteiger partial charge in [-0.15, -0.1) is 0 Å². The fourth-order valence-electron chi connectivity index (χ4n) is 2.94. The maximum Gasteiger partial charge on any atom is 0.134 e. The van der Waals surface area contributed by atoms with Gasteiger partial charge in [-0.3, -0.25) is 4.90 Å². The summed E-state index contributed by atoms with van der Waals surface area (Å²) in [6.45, 7) is 6.23. The van der Waals surface area contributed by atoms with E-state index in [4.69, 9.17) is 10.2 Å². The summed E-state index contributed by atoms with van der Waals surface area (Å²) in [6.07, 6.45) is 2.59. The SMILES string of the molecule is CC(C)CN(C1CC1)C(CN)c1cc2ccccc2o1. The Balaban J connectivity index is 1.90. The number of fused-ring (bicyclic) bond motifs is 1. The molecule has 1 aliphatic rings. The van der Waals surface area contributed by atoms with Gasteiger partial charge in [0.15, 0.2) is 0 Å². The second kappa shape index (κ2) is 5.58. The van der Waals surface area contributed by atoms with Crippen LogP contribution in [0.5, 0.6) is 0 Å². The van der Waals surface area contributed by atoms with Gasteiger partial charge in [0.25, 0.3) is 0 Å². The maximum absolute atomic E-state index is 6.07. The van der Waals surface area contributed by atoms with Crippen LogP contribution in [0.4, 0.5) is 0 Å². The average molecular weight is 272 g/mol. The van der Waals surface area contributed by atoms with Gasteiger partial charge in [-0.05, 0) is 30.9 Å². The van der Waals surface area contributed by atoms with Crippen LogP contribution in [-0.4, -0.2) is 24.0 Å². The lowest BCUT2D eigenvalue weighted by atomic mass is 10.1. The number of rotatable bonds is 6. The van der Waals surface area contributed by atoms with Crippen molar-refractivity contribution in [3.8, 4) is 0 Å². The van der Waals surface area contributed by atoms with E-state index in [2.05, 4.69) is 30.9 Å². The first-order chi connectivity index (χ1) is 9.69. The van der Waals surface area contributed by atoms with E-state index in [-0.39, 0.29) is 6.04 Å². The van der Waals surface area contributed by atoms with Gasteiger partial charge in [-0.2, -0.15) is 0 Å². The molecule has 1 saturated carbocycles. The molecule has 0 spiro atoms. The summed E-state index contributed by atoms with van der Waals surface area (Å²) in [5.74, 6) is 1.66. The molecule has 0 aliphatic heterocycles. The van der Waals surface area contributed by atoms with Gasteiger partial charge in [0.05, 0.1) is 6.04 Å².